The smallest absolute Gasteiger partial charge is 0.0646 e. The van der Waals surface area contributed by atoms with Crippen molar-refractivity contribution < 1.29 is 4.74 Å². The van der Waals surface area contributed by atoms with Crippen LogP contribution in [0.3, 0.4) is 0 Å². The predicted octanol–water partition coefficient (Wildman–Crippen LogP) is 2.19. The first-order valence-corrected chi connectivity index (χ1v) is 5.84. The van der Waals surface area contributed by atoms with E-state index in [1.807, 2.05) is 18.2 Å². The van der Waals surface area contributed by atoms with Gasteiger partial charge in [-0.1, -0.05) is 17.7 Å². The topological polar surface area (TPSA) is 47.3 Å². The molecule has 1 saturated heterocycles. The number of anilines is 1. The van der Waals surface area contributed by atoms with E-state index < -0.39 is 0 Å². The first-order chi connectivity index (χ1) is 7.59. The van der Waals surface area contributed by atoms with E-state index >= 15 is 0 Å². The molecule has 3 nitrogen and oxygen atoms in total. The van der Waals surface area contributed by atoms with Crippen LogP contribution in [0.15, 0.2) is 18.2 Å². The number of halogens is 1. The van der Waals surface area contributed by atoms with E-state index in [0.717, 1.165) is 31.7 Å². The van der Waals surface area contributed by atoms with Crippen molar-refractivity contribution in [3.8, 4) is 0 Å². The summed E-state index contributed by atoms with van der Waals surface area (Å²) in [6, 6.07) is 5.74. The minimum absolute atomic E-state index is 0.0917. The fourth-order valence-corrected chi connectivity index (χ4v) is 1.94. The Morgan fingerprint density at radius 2 is 2.38 bits per heavy atom. The predicted molar refractivity (Wildman–Crippen MR) is 66.5 cm³/mol. The monoisotopic (exact) mass is 240 g/mol. The molecule has 2 rings (SSSR count). The van der Waals surface area contributed by atoms with E-state index in [9.17, 15) is 0 Å². The van der Waals surface area contributed by atoms with Gasteiger partial charge in [-0.3, -0.25) is 0 Å². The van der Waals surface area contributed by atoms with Crippen LogP contribution in [0.2, 0.25) is 5.02 Å². The third-order valence-corrected chi connectivity index (χ3v) is 3.34. The number of hydrogen-bond acceptors (Lipinski definition) is 3. The van der Waals surface area contributed by atoms with Gasteiger partial charge in [-0.05, 0) is 31.0 Å². The highest BCUT2D eigenvalue weighted by Gasteiger charge is 2.28. The zero-order chi connectivity index (χ0) is 11.6. The summed E-state index contributed by atoms with van der Waals surface area (Å²) in [7, 11) is 0. The Hall–Kier alpha value is -0.770. The van der Waals surface area contributed by atoms with Gasteiger partial charge in [0.15, 0.2) is 0 Å². The number of rotatable bonds is 3. The maximum atomic E-state index is 5.87. The average Bonchev–Trinajstić information content (AvgIpc) is 2.68. The number of nitrogen functional groups attached to an aromatic ring is 1. The zero-order valence-corrected chi connectivity index (χ0v) is 10.2. The number of ether oxygens (including phenoxy) is 1. The highest BCUT2D eigenvalue weighted by Crippen LogP contribution is 2.21. The first kappa shape index (κ1) is 11.7. The summed E-state index contributed by atoms with van der Waals surface area (Å²) in [6.45, 7) is 4.59. The maximum Gasteiger partial charge on any atom is 0.0646 e. The summed E-state index contributed by atoms with van der Waals surface area (Å²) in [5.41, 5.74) is 7.63. The number of nitrogens with two attached hydrogens (primary N) is 1. The fraction of sp³-hybridized carbons (Fsp3) is 0.500. The lowest BCUT2D eigenvalue weighted by atomic mass is 10.0. The molecule has 16 heavy (non-hydrogen) atoms. The van der Waals surface area contributed by atoms with Gasteiger partial charge in [0.2, 0.25) is 0 Å². The summed E-state index contributed by atoms with van der Waals surface area (Å²) >= 11 is 5.87. The van der Waals surface area contributed by atoms with Crippen LogP contribution in [0, 0.1) is 0 Å². The van der Waals surface area contributed by atoms with Crippen LogP contribution in [0.25, 0.3) is 0 Å². The van der Waals surface area contributed by atoms with Gasteiger partial charge in [-0.25, -0.2) is 0 Å². The van der Waals surface area contributed by atoms with E-state index in [1.54, 1.807) is 0 Å². The number of hydrogen-bond donors (Lipinski definition) is 2. The van der Waals surface area contributed by atoms with Crippen molar-refractivity contribution in [3.05, 3.63) is 28.8 Å². The summed E-state index contributed by atoms with van der Waals surface area (Å²) < 4.78 is 5.38. The molecule has 1 aromatic rings. The average molecular weight is 241 g/mol. The molecule has 1 fully saturated rings. The third-order valence-electron chi connectivity index (χ3n) is 3.00. The highest BCUT2D eigenvalue weighted by atomic mass is 35.5. The van der Waals surface area contributed by atoms with Gasteiger partial charge in [-0.15, -0.1) is 0 Å². The fourth-order valence-electron chi connectivity index (χ4n) is 1.83. The van der Waals surface area contributed by atoms with Crippen LogP contribution < -0.4 is 11.1 Å². The summed E-state index contributed by atoms with van der Waals surface area (Å²) in [4.78, 5) is 0. The Morgan fingerprint density at radius 1 is 1.56 bits per heavy atom. The second-order valence-corrected chi connectivity index (χ2v) is 4.98. The molecule has 0 spiro atoms. The quantitative estimate of drug-likeness (QED) is 0.797. The van der Waals surface area contributed by atoms with Gasteiger partial charge in [-0.2, -0.15) is 0 Å². The molecular weight excluding hydrogens is 224 g/mol. The molecular formula is C12H17ClN2O. The standard InChI is InChI=1S/C12H17ClN2O/c1-12(4-5-16-8-12)15-7-9-2-3-10(13)11(14)6-9/h2-3,6,15H,4-5,7-8,14H2,1H3. The SMILES string of the molecule is CC1(NCc2ccc(Cl)c(N)c2)CCOC1. The van der Waals surface area contributed by atoms with Gasteiger partial charge >= 0.3 is 0 Å². The Labute approximate surface area is 101 Å². The van der Waals surface area contributed by atoms with Crippen LogP contribution in [-0.2, 0) is 11.3 Å². The molecule has 0 saturated carbocycles. The molecule has 0 bridgehead atoms. The Balaban J connectivity index is 1.96. The Bertz CT molecular complexity index is 375. The molecule has 1 heterocycles. The minimum atomic E-state index is 0.0917. The van der Waals surface area contributed by atoms with Gasteiger partial charge in [0.1, 0.15) is 0 Å². The largest absolute Gasteiger partial charge is 0.398 e. The van der Waals surface area contributed by atoms with E-state index in [0.29, 0.717) is 10.7 Å². The van der Waals surface area contributed by atoms with Gasteiger partial charge in [0.25, 0.3) is 0 Å². The van der Waals surface area contributed by atoms with Crippen LogP contribution in [-0.4, -0.2) is 18.8 Å². The van der Waals surface area contributed by atoms with Crippen molar-refractivity contribution >= 4 is 17.3 Å². The molecule has 1 atom stereocenters. The van der Waals surface area contributed by atoms with Crippen molar-refractivity contribution in [1.82, 2.24) is 5.32 Å². The molecule has 3 N–H and O–H groups in total. The van der Waals surface area contributed by atoms with Crippen LogP contribution in [0.1, 0.15) is 18.9 Å². The van der Waals surface area contributed by atoms with E-state index in [4.69, 9.17) is 22.1 Å². The normalized spacial score (nSPS) is 24.9. The maximum absolute atomic E-state index is 5.87. The molecule has 0 radical (unpaired) electrons. The minimum Gasteiger partial charge on any atom is -0.398 e. The molecule has 1 aliphatic heterocycles. The highest BCUT2D eigenvalue weighted by molar-refractivity contribution is 6.33. The van der Waals surface area contributed by atoms with Crippen LogP contribution in [0.5, 0.6) is 0 Å². The molecule has 1 aromatic carbocycles. The first-order valence-electron chi connectivity index (χ1n) is 5.46. The van der Waals surface area contributed by atoms with Gasteiger partial charge in [0, 0.05) is 18.7 Å². The summed E-state index contributed by atoms with van der Waals surface area (Å²) in [6.07, 6.45) is 1.05. The van der Waals surface area contributed by atoms with Gasteiger partial charge in [0.05, 0.1) is 17.3 Å². The lowest BCUT2D eigenvalue weighted by Crippen LogP contribution is -2.42. The molecule has 0 aliphatic carbocycles. The van der Waals surface area contributed by atoms with Crippen molar-refractivity contribution in [2.75, 3.05) is 18.9 Å². The Kier molecular flexibility index (Phi) is 3.38. The van der Waals surface area contributed by atoms with Crippen molar-refractivity contribution in [3.63, 3.8) is 0 Å². The number of benzene rings is 1. The van der Waals surface area contributed by atoms with Crippen molar-refractivity contribution in [2.45, 2.75) is 25.4 Å². The molecule has 88 valence electrons. The van der Waals surface area contributed by atoms with E-state index in [1.165, 1.54) is 0 Å². The summed E-state index contributed by atoms with van der Waals surface area (Å²) in [5.74, 6) is 0. The Morgan fingerprint density at radius 3 is 3.00 bits per heavy atom. The summed E-state index contributed by atoms with van der Waals surface area (Å²) in [5, 5.41) is 4.11. The second kappa shape index (κ2) is 4.62. The third kappa shape index (κ3) is 2.67. The van der Waals surface area contributed by atoms with Crippen LogP contribution in [0.4, 0.5) is 5.69 Å². The van der Waals surface area contributed by atoms with E-state index in [2.05, 4.69) is 12.2 Å². The molecule has 1 aliphatic rings. The number of nitrogens with one attached hydrogen (secondary N) is 1. The van der Waals surface area contributed by atoms with Crippen LogP contribution >= 0.6 is 11.6 Å². The molecule has 1 unspecified atom stereocenters. The molecule has 4 heteroatoms. The molecule has 0 amide bonds. The zero-order valence-electron chi connectivity index (χ0n) is 9.42. The lowest BCUT2D eigenvalue weighted by molar-refractivity contribution is 0.171. The van der Waals surface area contributed by atoms with E-state index in [-0.39, 0.29) is 5.54 Å². The van der Waals surface area contributed by atoms with Crippen molar-refractivity contribution in [2.24, 2.45) is 0 Å². The lowest BCUT2D eigenvalue weighted by Gasteiger charge is -2.23. The van der Waals surface area contributed by atoms with Crippen molar-refractivity contribution in [1.29, 1.82) is 0 Å². The van der Waals surface area contributed by atoms with Gasteiger partial charge < -0.3 is 15.8 Å². The molecule has 0 aromatic heterocycles. The second-order valence-electron chi connectivity index (χ2n) is 4.57.